The number of carbonyl (C=O) groups excluding carboxylic acids is 1. The van der Waals surface area contributed by atoms with Crippen LogP contribution in [0.4, 0.5) is 0 Å². The van der Waals surface area contributed by atoms with Crippen LogP contribution in [-0.2, 0) is 9.59 Å². The molecule has 1 fully saturated rings. The predicted octanol–water partition coefficient (Wildman–Crippen LogP) is 2.74. The van der Waals surface area contributed by atoms with Crippen molar-refractivity contribution in [3.05, 3.63) is 34.9 Å². The van der Waals surface area contributed by atoms with Gasteiger partial charge in [0, 0.05) is 6.42 Å². The van der Waals surface area contributed by atoms with Gasteiger partial charge in [0.25, 0.3) is 0 Å². The van der Waals surface area contributed by atoms with Gasteiger partial charge in [0.2, 0.25) is 5.91 Å². The number of carbonyl (C=O) groups is 2. The summed E-state index contributed by atoms with van der Waals surface area (Å²) in [5.41, 5.74) is 2.77. The van der Waals surface area contributed by atoms with Crippen LogP contribution in [0.25, 0.3) is 0 Å². The third-order valence-electron chi connectivity index (χ3n) is 4.12. The van der Waals surface area contributed by atoms with E-state index in [1.807, 2.05) is 26.0 Å². The number of hydrogen-bond donors (Lipinski definition) is 2. The van der Waals surface area contributed by atoms with E-state index in [9.17, 15) is 14.7 Å². The Morgan fingerprint density at radius 3 is 2.50 bits per heavy atom. The Bertz CT molecular complexity index is 520. The first-order valence-electron chi connectivity index (χ1n) is 7.06. The number of carboxylic acid groups (broad SMARTS) is 1. The van der Waals surface area contributed by atoms with E-state index in [0.717, 1.165) is 24.0 Å². The molecule has 0 radical (unpaired) electrons. The summed E-state index contributed by atoms with van der Waals surface area (Å²) in [5, 5.41) is 12.0. The average molecular weight is 275 g/mol. The Labute approximate surface area is 119 Å². The lowest BCUT2D eigenvalue weighted by atomic mass is 9.83. The minimum absolute atomic E-state index is 0.166. The summed E-state index contributed by atoms with van der Waals surface area (Å²) >= 11 is 0. The van der Waals surface area contributed by atoms with Gasteiger partial charge in [-0.1, -0.05) is 24.6 Å². The van der Waals surface area contributed by atoms with E-state index in [1.54, 1.807) is 6.07 Å². The number of benzene rings is 1. The molecule has 1 aliphatic carbocycles. The molecule has 20 heavy (non-hydrogen) atoms. The van der Waals surface area contributed by atoms with Crippen molar-refractivity contribution in [1.82, 2.24) is 5.32 Å². The van der Waals surface area contributed by atoms with Crippen molar-refractivity contribution in [2.24, 2.45) is 5.92 Å². The summed E-state index contributed by atoms with van der Waals surface area (Å²) < 4.78 is 0. The largest absolute Gasteiger partial charge is 0.479 e. The van der Waals surface area contributed by atoms with Crippen molar-refractivity contribution < 1.29 is 14.7 Å². The first-order valence-corrected chi connectivity index (χ1v) is 7.06. The summed E-state index contributed by atoms with van der Waals surface area (Å²) in [6.45, 7) is 3.91. The molecule has 4 heteroatoms. The number of nitrogens with one attached hydrogen (secondary N) is 1. The molecule has 0 saturated heterocycles. The van der Waals surface area contributed by atoms with Crippen LogP contribution in [0.3, 0.4) is 0 Å². The fourth-order valence-electron chi connectivity index (χ4n) is 2.41. The molecular formula is C16H21NO3. The normalized spacial score (nSPS) is 16.3. The molecule has 1 atom stereocenters. The summed E-state index contributed by atoms with van der Waals surface area (Å²) in [6, 6.07) is 4.53. The standard InChI is InChI=1S/C16H21NO3/c1-10-6-7-13(8-11(10)2)15(16(19)20)17-14(18)9-12-4-3-5-12/h6-8,12,15H,3-5,9H2,1-2H3,(H,17,18)(H,19,20). The van der Waals surface area contributed by atoms with Gasteiger partial charge in [-0.2, -0.15) is 0 Å². The summed E-state index contributed by atoms with van der Waals surface area (Å²) in [7, 11) is 0. The number of aliphatic carboxylic acids is 1. The molecule has 1 amide bonds. The maximum atomic E-state index is 11.9. The van der Waals surface area contributed by atoms with Gasteiger partial charge in [-0.25, -0.2) is 4.79 Å². The van der Waals surface area contributed by atoms with Gasteiger partial charge in [0.15, 0.2) is 6.04 Å². The monoisotopic (exact) mass is 275 g/mol. The molecule has 4 nitrogen and oxygen atoms in total. The molecule has 0 aromatic heterocycles. The molecule has 0 aliphatic heterocycles. The molecule has 108 valence electrons. The van der Waals surface area contributed by atoms with Crippen molar-refractivity contribution in [3.8, 4) is 0 Å². The smallest absolute Gasteiger partial charge is 0.330 e. The van der Waals surface area contributed by atoms with Crippen LogP contribution in [-0.4, -0.2) is 17.0 Å². The molecule has 1 aromatic carbocycles. The highest BCUT2D eigenvalue weighted by Crippen LogP contribution is 2.29. The maximum absolute atomic E-state index is 11.9. The highest BCUT2D eigenvalue weighted by atomic mass is 16.4. The van der Waals surface area contributed by atoms with Gasteiger partial charge in [0.05, 0.1) is 0 Å². The van der Waals surface area contributed by atoms with E-state index >= 15 is 0 Å². The Morgan fingerprint density at radius 1 is 1.30 bits per heavy atom. The van der Waals surface area contributed by atoms with E-state index in [0.29, 0.717) is 17.9 Å². The second-order valence-corrected chi connectivity index (χ2v) is 5.68. The molecule has 1 aromatic rings. The van der Waals surface area contributed by atoms with Gasteiger partial charge < -0.3 is 10.4 Å². The fraction of sp³-hybridized carbons (Fsp3) is 0.500. The second-order valence-electron chi connectivity index (χ2n) is 5.68. The van der Waals surface area contributed by atoms with Crippen molar-refractivity contribution in [2.45, 2.75) is 45.6 Å². The van der Waals surface area contributed by atoms with Crippen molar-refractivity contribution in [1.29, 1.82) is 0 Å². The molecule has 0 bridgehead atoms. The number of aryl methyl sites for hydroxylation is 2. The van der Waals surface area contributed by atoms with Crippen LogP contribution in [0, 0.1) is 19.8 Å². The highest BCUT2D eigenvalue weighted by Gasteiger charge is 2.25. The highest BCUT2D eigenvalue weighted by molar-refractivity contribution is 5.84. The number of amides is 1. The number of hydrogen-bond acceptors (Lipinski definition) is 2. The Balaban J connectivity index is 2.07. The van der Waals surface area contributed by atoms with E-state index in [4.69, 9.17) is 0 Å². The van der Waals surface area contributed by atoms with Gasteiger partial charge in [-0.05, 0) is 49.3 Å². The molecule has 1 aliphatic rings. The lowest BCUT2D eigenvalue weighted by molar-refractivity contribution is -0.142. The SMILES string of the molecule is Cc1ccc(C(NC(=O)CC2CCC2)C(=O)O)cc1C. The van der Waals surface area contributed by atoms with Gasteiger partial charge >= 0.3 is 5.97 Å². The minimum Gasteiger partial charge on any atom is -0.479 e. The van der Waals surface area contributed by atoms with Crippen LogP contribution in [0.15, 0.2) is 18.2 Å². The van der Waals surface area contributed by atoms with Crippen molar-refractivity contribution in [2.75, 3.05) is 0 Å². The first-order chi connectivity index (χ1) is 9.47. The van der Waals surface area contributed by atoms with Crippen LogP contribution >= 0.6 is 0 Å². The van der Waals surface area contributed by atoms with Crippen LogP contribution in [0.2, 0.25) is 0 Å². The summed E-state index contributed by atoms with van der Waals surface area (Å²) in [4.78, 5) is 23.3. The average Bonchev–Trinajstić information content (AvgIpc) is 2.34. The quantitative estimate of drug-likeness (QED) is 0.868. The second kappa shape index (κ2) is 6.07. The molecule has 2 N–H and O–H groups in total. The van der Waals surface area contributed by atoms with E-state index in [1.165, 1.54) is 6.42 Å². The van der Waals surface area contributed by atoms with E-state index in [2.05, 4.69) is 5.32 Å². The predicted molar refractivity (Wildman–Crippen MR) is 76.4 cm³/mol. The zero-order valence-electron chi connectivity index (χ0n) is 12.0. The Hall–Kier alpha value is -1.84. The van der Waals surface area contributed by atoms with E-state index in [-0.39, 0.29) is 5.91 Å². The molecule has 0 spiro atoms. The Kier molecular flexibility index (Phi) is 4.42. The van der Waals surface area contributed by atoms with Crippen LogP contribution < -0.4 is 5.32 Å². The Morgan fingerprint density at radius 2 is 2.00 bits per heavy atom. The molecular weight excluding hydrogens is 254 g/mol. The van der Waals surface area contributed by atoms with Crippen LogP contribution in [0.1, 0.15) is 48.4 Å². The summed E-state index contributed by atoms with van der Waals surface area (Å²) in [6.07, 6.45) is 3.77. The van der Waals surface area contributed by atoms with Crippen LogP contribution in [0.5, 0.6) is 0 Å². The molecule has 1 unspecified atom stereocenters. The van der Waals surface area contributed by atoms with Gasteiger partial charge in [0.1, 0.15) is 0 Å². The van der Waals surface area contributed by atoms with Gasteiger partial charge in [-0.3, -0.25) is 4.79 Å². The lowest BCUT2D eigenvalue weighted by Crippen LogP contribution is -2.35. The summed E-state index contributed by atoms with van der Waals surface area (Å²) in [5.74, 6) is -0.750. The molecule has 2 rings (SSSR count). The topological polar surface area (TPSA) is 66.4 Å². The molecule has 0 heterocycles. The number of rotatable bonds is 5. The van der Waals surface area contributed by atoms with E-state index < -0.39 is 12.0 Å². The van der Waals surface area contributed by atoms with Crippen molar-refractivity contribution >= 4 is 11.9 Å². The third kappa shape index (κ3) is 3.38. The first kappa shape index (κ1) is 14.6. The number of carboxylic acids is 1. The maximum Gasteiger partial charge on any atom is 0.330 e. The molecule has 1 saturated carbocycles. The zero-order chi connectivity index (χ0) is 14.7. The lowest BCUT2D eigenvalue weighted by Gasteiger charge is -2.25. The third-order valence-corrected chi connectivity index (χ3v) is 4.12. The van der Waals surface area contributed by atoms with Gasteiger partial charge in [-0.15, -0.1) is 0 Å². The fourth-order valence-corrected chi connectivity index (χ4v) is 2.41. The zero-order valence-corrected chi connectivity index (χ0v) is 12.0. The van der Waals surface area contributed by atoms with Crippen molar-refractivity contribution in [3.63, 3.8) is 0 Å². The minimum atomic E-state index is -1.02.